The molecule has 0 amide bonds. The third kappa shape index (κ3) is 7.60. The van der Waals surface area contributed by atoms with Crippen molar-refractivity contribution < 1.29 is 14.6 Å². The summed E-state index contributed by atoms with van der Waals surface area (Å²) < 4.78 is 4.69. The maximum absolute atomic E-state index is 11.3. The Hall–Kier alpha value is -1.35. The van der Waals surface area contributed by atoms with E-state index in [9.17, 15) is 9.90 Å². The van der Waals surface area contributed by atoms with Gasteiger partial charge >= 0.3 is 5.97 Å². The van der Waals surface area contributed by atoms with Gasteiger partial charge in [0.05, 0.1) is 18.8 Å². The molecule has 0 saturated carbocycles. The zero-order valence-electron chi connectivity index (χ0n) is 14.0. The van der Waals surface area contributed by atoms with Gasteiger partial charge in [0.2, 0.25) is 0 Å². The highest BCUT2D eigenvalue weighted by atomic mass is 16.5. The van der Waals surface area contributed by atoms with Crippen LogP contribution in [0.1, 0.15) is 74.2 Å². The maximum atomic E-state index is 11.3. The molecule has 1 rings (SSSR count). The highest BCUT2D eigenvalue weighted by Gasteiger charge is 2.04. The van der Waals surface area contributed by atoms with Gasteiger partial charge in [0.1, 0.15) is 0 Å². The van der Waals surface area contributed by atoms with Crippen LogP contribution >= 0.6 is 0 Å². The predicted octanol–water partition coefficient (Wildman–Crippen LogP) is 4.52. The van der Waals surface area contributed by atoms with E-state index in [-0.39, 0.29) is 12.1 Å². The summed E-state index contributed by atoms with van der Waals surface area (Å²) in [6.07, 6.45) is 9.88. The number of aliphatic hydroxyl groups is 1. The largest absolute Gasteiger partial charge is 0.465 e. The minimum absolute atomic E-state index is 0.0988. The van der Waals surface area contributed by atoms with Crippen LogP contribution in [0.5, 0.6) is 0 Å². The number of unbranched alkanes of at least 4 members (excludes halogenated alkanes) is 4. The van der Waals surface area contributed by atoms with E-state index < -0.39 is 0 Å². The third-order valence-electron chi connectivity index (χ3n) is 4.00. The van der Waals surface area contributed by atoms with E-state index >= 15 is 0 Å². The molecule has 0 heterocycles. The number of carbonyl (C=O) groups is 1. The zero-order chi connectivity index (χ0) is 16.2. The Morgan fingerprint density at radius 2 is 1.68 bits per heavy atom. The highest BCUT2D eigenvalue weighted by molar-refractivity contribution is 5.89. The molecule has 0 aromatic heterocycles. The average Bonchev–Trinajstić information content (AvgIpc) is 2.54. The first-order valence-electron chi connectivity index (χ1n) is 8.52. The summed E-state index contributed by atoms with van der Waals surface area (Å²) in [6, 6.07) is 7.67. The summed E-state index contributed by atoms with van der Waals surface area (Å²) >= 11 is 0. The van der Waals surface area contributed by atoms with Crippen LogP contribution in [0.25, 0.3) is 0 Å². The van der Waals surface area contributed by atoms with Gasteiger partial charge in [-0.05, 0) is 43.4 Å². The number of aryl methyl sites for hydroxylation is 1. The molecule has 1 aromatic carbocycles. The number of ether oxygens (including phenoxy) is 1. The van der Waals surface area contributed by atoms with Crippen molar-refractivity contribution in [3.8, 4) is 0 Å². The molecule has 0 radical (unpaired) electrons. The fourth-order valence-corrected chi connectivity index (χ4v) is 2.64. The Morgan fingerprint density at radius 1 is 1.05 bits per heavy atom. The first kappa shape index (κ1) is 18.7. The van der Waals surface area contributed by atoms with Crippen LogP contribution < -0.4 is 0 Å². The van der Waals surface area contributed by atoms with E-state index in [1.54, 1.807) is 0 Å². The number of carbonyl (C=O) groups excluding carboxylic acids is 1. The molecule has 0 spiro atoms. The molecule has 0 aliphatic rings. The molecule has 1 atom stereocenters. The molecule has 3 heteroatoms. The third-order valence-corrected chi connectivity index (χ3v) is 4.00. The Labute approximate surface area is 134 Å². The van der Waals surface area contributed by atoms with Gasteiger partial charge in [-0.2, -0.15) is 0 Å². The first-order valence-corrected chi connectivity index (χ1v) is 8.52. The second-order valence-electron chi connectivity index (χ2n) is 5.94. The quantitative estimate of drug-likeness (QED) is 0.483. The summed E-state index contributed by atoms with van der Waals surface area (Å²) in [5.41, 5.74) is 1.88. The zero-order valence-corrected chi connectivity index (χ0v) is 14.0. The van der Waals surface area contributed by atoms with Crippen molar-refractivity contribution in [3.63, 3.8) is 0 Å². The van der Waals surface area contributed by atoms with Crippen molar-refractivity contribution in [1.82, 2.24) is 0 Å². The number of esters is 1. The van der Waals surface area contributed by atoms with E-state index in [1.807, 2.05) is 24.3 Å². The molecule has 1 N–H and O–H groups in total. The van der Waals surface area contributed by atoms with Gasteiger partial charge in [-0.25, -0.2) is 4.79 Å². The van der Waals surface area contributed by atoms with Gasteiger partial charge in [0.25, 0.3) is 0 Å². The molecule has 124 valence electrons. The number of rotatable bonds is 11. The number of benzene rings is 1. The molecule has 0 aliphatic carbocycles. The fourth-order valence-electron chi connectivity index (χ4n) is 2.64. The van der Waals surface area contributed by atoms with Crippen LogP contribution in [0, 0.1) is 0 Å². The lowest BCUT2D eigenvalue weighted by Crippen LogP contribution is -2.04. The molecular weight excluding hydrogens is 276 g/mol. The Balaban J connectivity index is 2.08. The predicted molar refractivity (Wildman–Crippen MR) is 90.1 cm³/mol. The molecular formula is C19H30O3. The molecule has 3 nitrogen and oxygen atoms in total. The van der Waals surface area contributed by atoms with Crippen LogP contribution in [-0.4, -0.2) is 24.3 Å². The van der Waals surface area contributed by atoms with Crippen molar-refractivity contribution in [2.45, 2.75) is 70.8 Å². The van der Waals surface area contributed by atoms with E-state index in [2.05, 4.69) is 11.7 Å². The van der Waals surface area contributed by atoms with Gasteiger partial charge in [0.15, 0.2) is 0 Å². The minimum Gasteiger partial charge on any atom is -0.465 e. The summed E-state index contributed by atoms with van der Waals surface area (Å²) in [7, 11) is 1.40. The van der Waals surface area contributed by atoms with Crippen molar-refractivity contribution in [1.29, 1.82) is 0 Å². The van der Waals surface area contributed by atoms with Gasteiger partial charge < -0.3 is 9.84 Å². The van der Waals surface area contributed by atoms with Gasteiger partial charge in [-0.15, -0.1) is 0 Å². The molecule has 0 bridgehead atoms. The lowest BCUT2D eigenvalue weighted by molar-refractivity contribution is 0.0600. The second-order valence-corrected chi connectivity index (χ2v) is 5.94. The van der Waals surface area contributed by atoms with Crippen molar-refractivity contribution in [2.24, 2.45) is 0 Å². The standard InChI is InChI=1S/C19H30O3/c1-3-9-18(20)11-8-6-4-5-7-10-16-12-14-17(15-13-16)19(21)22-2/h12-15,18,20H,3-11H2,1-2H3. The SMILES string of the molecule is CCCC(O)CCCCCCCc1ccc(C(=O)OC)cc1. The number of hydrogen-bond acceptors (Lipinski definition) is 3. The smallest absolute Gasteiger partial charge is 0.337 e. The monoisotopic (exact) mass is 306 g/mol. The molecule has 1 aromatic rings. The summed E-state index contributed by atoms with van der Waals surface area (Å²) in [5, 5.41) is 9.65. The highest BCUT2D eigenvalue weighted by Crippen LogP contribution is 2.13. The first-order chi connectivity index (χ1) is 10.7. The van der Waals surface area contributed by atoms with Crippen LogP contribution in [0.2, 0.25) is 0 Å². The summed E-state index contributed by atoms with van der Waals surface area (Å²) in [6.45, 7) is 2.11. The Bertz CT molecular complexity index is 411. The van der Waals surface area contributed by atoms with E-state index in [0.29, 0.717) is 5.56 Å². The van der Waals surface area contributed by atoms with Gasteiger partial charge in [0, 0.05) is 0 Å². The summed E-state index contributed by atoms with van der Waals surface area (Å²) in [4.78, 5) is 11.3. The van der Waals surface area contributed by atoms with Gasteiger partial charge in [-0.1, -0.05) is 51.2 Å². The van der Waals surface area contributed by atoms with Crippen LogP contribution in [0.4, 0.5) is 0 Å². The normalized spacial score (nSPS) is 12.1. The average molecular weight is 306 g/mol. The van der Waals surface area contributed by atoms with Gasteiger partial charge in [-0.3, -0.25) is 0 Å². The maximum Gasteiger partial charge on any atom is 0.337 e. The number of aliphatic hydroxyl groups excluding tert-OH is 1. The number of methoxy groups -OCH3 is 1. The topological polar surface area (TPSA) is 46.5 Å². The lowest BCUT2D eigenvalue weighted by atomic mass is 10.0. The molecule has 0 fully saturated rings. The second kappa shape index (κ2) is 11.2. The molecule has 0 saturated heterocycles. The van der Waals surface area contributed by atoms with Crippen molar-refractivity contribution >= 4 is 5.97 Å². The molecule has 0 aliphatic heterocycles. The van der Waals surface area contributed by atoms with E-state index in [4.69, 9.17) is 0 Å². The van der Waals surface area contributed by atoms with E-state index in [0.717, 1.165) is 32.1 Å². The molecule has 22 heavy (non-hydrogen) atoms. The fraction of sp³-hybridized carbons (Fsp3) is 0.632. The Kier molecular flexibility index (Phi) is 9.56. The minimum atomic E-state index is -0.281. The number of hydrogen-bond donors (Lipinski definition) is 1. The van der Waals surface area contributed by atoms with E-state index in [1.165, 1.54) is 38.4 Å². The molecule has 1 unspecified atom stereocenters. The Morgan fingerprint density at radius 3 is 2.32 bits per heavy atom. The van der Waals surface area contributed by atoms with Crippen LogP contribution in [-0.2, 0) is 11.2 Å². The van der Waals surface area contributed by atoms with Crippen LogP contribution in [0.3, 0.4) is 0 Å². The lowest BCUT2D eigenvalue weighted by Gasteiger charge is -2.08. The van der Waals surface area contributed by atoms with Crippen molar-refractivity contribution in [3.05, 3.63) is 35.4 Å². The summed E-state index contributed by atoms with van der Waals surface area (Å²) in [5.74, 6) is -0.281. The van der Waals surface area contributed by atoms with Crippen LogP contribution in [0.15, 0.2) is 24.3 Å². The van der Waals surface area contributed by atoms with Crippen molar-refractivity contribution in [2.75, 3.05) is 7.11 Å².